The van der Waals surface area contributed by atoms with Gasteiger partial charge in [0, 0.05) is 32.2 Å². The van der Waals surface area contributed by atoms with Crippen LogP contribution in [-0.4, -0.2) is 31.1 Å². The van der Waals surface area contributed by atoms with Crippen LogP contribution in [0.15, 0.2) is 54.6 Å². The van der Waals surface area contributed by atoms with Crippen LogP contribution in [0.1, 0.15) is 24.4 Å². The molecule has 1 saturated heterocycles. The van der Waals surface area contributed by atoms with Gasteiger partial charge in [-0.3, -0.25) is 4.90 Å². The molecule has 146 valence electrons. The van der Waals surface area contributed by atoms with Gasteiger partial charge in [0.25, 0.3) is 0 Å². The van der Waals surface area contributed by atoms with Crippen LogP contribution in [0.2, 0.25) is 0 Å². The second kappa shape index (κ2) is 7.68. The van der Waals surface area contributed by atoms with Crippen molar-refractivity contribution in [2.75, 3.05) is 26.2 Å². The van der Waals surface area contributed by atoms with Crippen molar-refractivity contribution in [1.82, 2.24) is 10.2 Å². The van der Waals surface area contributed by atoms with E-state index in [1.165, 1.54) is 58.2 Å². The number of hydrogen-bond acceptors (Lipinski definition) is 2. The van der Waals surface area contributed by atoms with Crippen LogP contribution < -0.4 is 5.32 Å². The smallest absolute Gasteiger partial charge is 0.0383 e. The molecule has 1 aliphatic carbocycles. The van der Waals surface area contributed by atoms with E-state index >= 15 is 0 Å². The number of halogens is 2. The fourth-order valence-electron chi connectivity index (χ4n) is 5.14. The number of benzene rings is 4. The molecule has 2 aliphatic rings. The quantitative estimate of drug-likeness (QED) is 0.428. The maximum atomic E-state index is 3.52. The minimum Gasteiger partial charge on any atom is -0.314 e. The summed E-state index contributed by atoms with van der Waals surface area (Å²) in [6.07, 6.45) is 2.77. The van der Waals surface area contributed by atoms with Gasteiger partial charge < -0.3 is 5.32 Å². The van der Waals surface area contributed by atoms with Gasteiger partial charge in [0.05, 0.1) is 0 Å². The summed E-state index contributed by atoms with van der Waals surface area (Å²) in [5.41, 5.74) is 1.56. The van der Waals surface area contributed by atoms with Crippen molar-refractivity contribution in [1.29, 1.82) is 0 Å². The molecule has 1 aliphatic heterocycles. The third-order valence-corrected chi connectivity index (χ3v) is 6.49. The molecule has 0 spiro atoms. The Bertz CT molecular complexity index is 1080. The predicted octanol–water partition coefficient (Wildman–Crippen LogP) is 5.78. The highest BCUT2D eigenvalue weighted by atomic mass is 35.5. The van der Waals surface area contributed by atoms with Crippen molar-refractivity contribution in [3.05, 3.63) is 60.2 Å². The molecule has 0 amide bonds. The monoisotopic (exact) mass is 412 g/mol. The first-order valence-corrected chi connectivity index (χ1v) is 10.0. The van der Waals surface area contributed by atoms with Gasteiger partial charge >= 0.3 is 0 Å². The van der Waals surface area contributed by atoms with Crippen molar-refractivity contribution in [3.63, 3.8) is 0 Å². The third kappa shape index (κ3) is 3.04. The number of hydrogen-bond donors (Lipinski definition) is 1. The topological polar surface area (TPSA) is 15.3 Å². The Morgan fingerprint density at radius 1 is 0.750 bits per heavy atom. The lowest BCUT2D eigenvalue weighted by Crippen LogP contribution is -2.45. The molecule has 28 heavy (non-hydrogen) atoms. The standard InChI is InChI=1S/C24H24N2.2ClH/c1-2-16-4-5-18-9-11-21(20-10-8-17(3-1)22(16)23(18)20)24(19-6-7-19)26-14-12-25-13-15-26;;/h1-5,8-11,19,24-25H,6-7,12-15H2;2*1H/t24-;;/m1../s1. The Morgan fingerprint density at radius 3 is 2.04 bits per heavy atom. The molecule has 1 heterocycles. The minimum absolute atomic E-state index is 0. The van der Waals surface area contributed by atoms with E-state index in [0.29, 0.717) is 6.04 Å². The van der Waals surface area contributed by atoms with Gasteiger partial charge in [0.2, 0.25) is 0 Å². The Morgan fingerprint density at radius 2 is 1.36 bits per heavy atom. The van der Waals surface area contributed by atoms with Gasteiger partial charge in [0.15, 0.2) is 0 Å². The Labute approximate surface area is 178 Å². The summed E-state index contributed by atoms with van der Waals surface area (Å²) in [5.74, 6) is 0.839. The molecule has 1 atom stereocenters. The third-order valence-electron chi connectivity index (χ3n) is 6.49. The normalized spacial score (nSPS) is 18.9. The van der Waals surface area contributed by atoms with Gasteiger partial charge in [-0.1, -0.05) is 54.6 Å². The molecule has 6 rings (SSSR count). The fraction of sp³-hybridized carbons (Fsp3) is 0.333. The highest BCUT2D eigenvalue weighted by molar-refractivity contribution is 6.23. The van der Waals surface area contributed by atoms with Gasteiger partial charge in [-0.2, -0.15) is 0 Å². The van der Waals surface area contributed by atoms with Crippen molar-refractivity contribution >= 4 is 57.1 Å². The minimum atomic E-state index is 0. The van der Waals surface area contributed by atoms with Crippen LogP contribution in [0, 0.1) is 5.92 Å². The van der Waals surface area contributed by atoms with E-state index in [9.17, 15) is 0 Å². The number of piperazine rings is 1. The summed E-state index contributed by atoms with van der Waals surface area (Å²) >= 11 is 0. The molecule has 1 saturated carbocycles. The van der Waals surface area contributed by atoms with Crippen LogP contribution in [-0.2, 0) is 0 Å². The van der Waals surface area contributed by atoms with Gasteiger partial charge in [-0.25, -0.2) is 0 Å². The number of rotatable bonds is 3. The molecule has 4 aromatic rings. The lowest BCUT2D eigenvalue weighted by atomic mass is 9.88. The molecular weight excluding hydrogens is 387 g/mol. The second-order valence-electron chi connectivity index (χ2n) is 8.08. The molecular formula is C24H26Cl2N2. The first-order valence-electron chi connectivity index (χ1n) is 10.0. The molecule has 2 fully saturated rings. The van der Waals surface area contributed by atoms with E-state index < -0.39 is 0 Å². The number of nitrogens with one attached hydrogen (secondary N) is 1. The first-order chi connectivity index (χ1) is 12.9. The van der Waals surface area contributed by atoms with Crippen molar-refractivity contribution in [3.8, 4) is 0 Å². The molecule has 0 bridgehead atoms. The van der Waals surface area contributed by atoms with Crippen LogP contribution >= 0.6 is 24.8 Å². The van der Waals surface area contributed by atoms with E-state index in [-0.39, 0.29) is 24.8 Å². The Hall–Kier alpha value is -1.58. The van der Waals surface area contributed by atoms with E-state index in [0.717, 1.165) is 19.0 Å². The lowest BCUT2D eigenvalue weighted by molar-refractivity contribution is 0.157. The molecule has 0 radical (unpaired) electrons. The number of nitrogens with zero attached hydrogens (tertiary/aromatic N) is 1. The molecule has 2 nitrogen and oxygen atoms in total. The van der Waals surface area contributed by atoms with Gasteiger partial charge in [0.1, 0.15) is 0 Å². The average molecular weight is 413 g/mol. The molecule has 0 aromatic heterocycles. The average Bonchev–Trinajstić information content (AvgIpc) is 3.53. The molecule has 4 heteroatoms. The summed E-state index contributed by atoms with van der Waals surface area (Å²) in [6.45, 7) is 4.58. The van der Waals surface area contributed by atoms with Crippen molar-refractivity contribution < 1.29 is 0 Å². The van der Waals surface area contributed by atoms with Gasteiger partial charge in [-0.15, -0.1) is 24.8 Å². The fourth-order valence-corrected chi connectivity index (χ4v) is 5.14. The van der Waals surface area contributed by atoms with E-state index in [2.05, 4.69) is 64.8 Å². The summed E-state index contributed by atoms with van der Waals surface area (Å²) in [6, 6.07) is 21.3. The van der Waals surface area contributed by atoms with Crippen LogP contribution in [0.3, 0.4) is 0 Å². The Kier molecular flexibility index (Phi) is 5.41. The van der Waals surface area contributed by atoms with E-state index in [4.69, 9.17) is 0 Å². The van der Waals surface area contributed by atoms with Crippen LogP contribution in [0.25, 0.3) is 32.3 Å². The summed E-state index contributed by atoms with van der Waals surface area (Å²) in [5, 5.41) is 12.0. The highest BCUT2D eigenvalue weighted by Crippen LogP contribution is 2.48. The summed E-state index contributed by atoms with van der Waals surface area (Å²) in [4.78, 5) is 2.74. The highest BCUT2D eigenvalue weighted by Gasteiger charge is 2.37. The zero-order chi connectivity index (χ0) is 17.1. The first kappa shape index (κ1) is 19.7. The van der Waals surface area contributed by atoms with E-state index in [1.807, 2.05) is 0 Å². The van der Waals surface area contributed by atoms with E-state index in [1.54, 1.807) is 5.56 Å². The Balaban J connectivity index is 0.000000961. The van der Waals surface area contributed by atoms with Crippen LogP contribution in [0.4, 0.5) is 0 Å². The largest absolute Gasteiger partial charge is 0.314 e. The molecule has 1 N–H and O–H groups in total. The SMILES string of the molecule is Cl.Cl.c1cc2ccc3ccc([C@@H](C4CC4)N4CCNCC4)c4ccc(c1)c2c34. The molecule has 0 unspecified atom stereocenters. The maximum absolute atomic E-state index is 3.52. The summed E-state index contributed by atoms with van der Waals surface area (Å²) < 4.78 is 0. The zero-order valence-electron chi connectivity index (χ0n) is 15.9. The van der Waals surface area contributed by atoms with Crippen molar-refractivity contribution in [2.24, 2.45) is 5.92 Å². The lowest BCUT2D eigenvalue weighted by Gasteiger charge is -2.36. The summed E-state index contributed by atoms with van der Waals surface area (Å²) in [7, 11) is 0. The maximum Gasteiger partial charge on any atom is 0.0383 e. The predicted molar refractivity (Wildman–Crippen MR) is 125 cm³/mol. The van der Waals surface area contributed by atoms with Crippen molar-refractivity contribution in [2.45, 2.75) is 18.9 Å². The zero-order valence-corrected chi connectivity index (χ0v) is 17.5. The molecule has 4 aromatic carbocycles. The van der Waals surface area contributed by atoms with Crippen LogP contribution in [0.5, 0.6) is 0 Å². The second-order valence-corrected chi connectivity index (χ2v) is 8.08. The van der Waals surface area contributed by atoms with Gasteiger partial charge in [-0.05, 0) is 56.6 Å².